The molecule has 2 amide bonds. The third-order valence-corrected chi connectivity index (χ3v) is 4.61. The molecule has 25 heavy (non-hydrogen) atoms. The highest BCUT2D eigenvalue weighted by molar-refractivity contribution is 5.77. The van der Waals surface area contributed by atoms with Crippen molar-refractivity contribution in [2.75, 3.05) is 32.8 Å². The van der Waals surface area contributed by atoms with Crippen molar-refractivity contribution in [2.45, 2.75) is 46.0 Å². The molecule has 0 atom stereocenters. The molecule has 1 aliphatic heterocycles. The molecular formula is C20H30N2O3. The van der Waals surface area contributed by atoms with E-state index in [1.54, 1.807) is 11.8 Å². The van der Waals surface area contributed by atoms with E-state index in [9.17, 15) is 9.59 Å². The van der Waals surface area contributed by atoms with Gasteiger partial charge < -0.3 is 14.5 Å². The van der Waals surface area contributed by atoms with Gasteiger partial charge in [0.25, 0.3) is 0 Å². The number of hydrogen-bond acceptors (Lipinski definition) is 3. The van der Waals surface area contributed by atoms with Crippen LogP contribution in [0.25, 0.3) is 0 Å². The van der Waals surface area contributed by atoms with Crippen LogP contribution < -0.4 is 0 Å². The van der Waals surface area contributed by atoms with Gasteiger partial charge in [0.2, 0.25) is 5.91 Å². The van der Waals surface area contributed by atoms with Crippen LogP contribution in [0.5, 0.6) is 0 Å². The molecule has 1 saturated heterocycles. The zero-order chi connectivity index (χ0) is 18.4. The summed E-state index contributed by atoms with van der Waals surface area (Å²) in [6.45, 7) is 11.0. The third kappa shape index (κ3) is 5.48. The van der Waals surface area contributed by atoms with E-state index in [4.69, 9.17) is 4.74 Å². The molecule has 138 valence electrons. The largest absolute Gasteiger partial charge is 0.450 e. The average Bonchev–Trinajstić information content (AvgIpc) is 2.59. The summed E-state index contributed by atoms with van der Waals surface area (Å²) in [5.74, 6) is 0.156. The fourth-order valence-electron chi connectivity index (χ4n) is 2.93. The first-order valence-electron chi connectivity index (χ1n) is 9.10. The molecule has 5 nitrogen and oxygen atoms in total. The number of rotatable bonds is 4. The maximum absolute atomic E-state index is 12.4. The van der Waals surface area contributed by atoms with Crippen LogP contribution in [-0.4, -0.2) is 54.6 Å². The van der Waals surface area contributed by atoms with E-state index in [0.29, 0.717) is 39.2 Å². The van der Waals surface area contributed by atoms with Crippen LogP contribution in [0.15, 0.2) is 24.3 Å². The predicted octanol–water partition coefficient (Wildman–Crippen LogP) is 3.22. The maximum Gasteiger partial charge on any atom is 0.409 e. The Bertz CT molecular complexity index is 582. The topological polar surface area (TPSA) is 49.9 Å². The molecule has 0 spiro atoms. The highest BCUT2D eigenvalue weighted by Crippen LogP contribution is 2.22. The first-order valence-corrected chi connectivity index (χ1v) is 9.10. The smallest absolute Gasteiger partial charge is 0.409 e. The van der Waals surface area contributed by atoms with Crippen LogP contribution in [0.2, 0.25) is 0 Å². The molecule has 1 fully saturated rings. The molecule has 0 N–H and O–H groups in total. The molecule has 0 saturated carbocycles. The number of carbonyl (C=O) groups excluding carboxylic acids is 2. The summed E-state index contributed by atoms with van der Waals surface area (Å²) >= 11 is 0. The van der Waals surface area contributed by atoms with Crippen molar-refractivity contribution in [1.29, 1.82) is 0 Å². The van der Waals surface area contributed by atoms with Crippen LogP contribution in [0.3, 0.4) is 0 Å². The second-order valence-corrected chi connectivity index (χ2v) is 7.51. The van der Waals surface area contributed by atoms with Gasteiger partial charge in [-0.05, 0) is 29.9 Å². The lowest BCUT2D eigenvalue weighted by Crippen LogP contribution is -2.50. The Morgan fingerprint density at radius 3 is 2.08 bits per heavy atom. The van der Waals surface area contributed by atoms with Gasteiger partial charge in [-0.25, -0.2) is 4.79 Å². The number of benzene rings is 1. The average molecular weight is 346 g/mol. The number of aryl methyl sites for hydroxylation is 1. The number of piperazine rings is 1. The van der Waals surface area contributed by atoms with Gasteiger partial charge in [-0.3, -0.25) is 4.79 Å². The Morgan fingerprint density at radius 1 is 1.00 bits per heavy atom. The second kappa shape index (κ2) is 8.37. The zero-order valence-corrected chi connectivity index (χ0v) is 15.9. The molecule has 0 unspecified atom stereocenters. The van der Waals surface area contributed by atoms with Gasteiger partial charge in [0.1, 0.15) is 0 Å². The third-order valence-electron chi connectivity index (χ3n) is 4.61. The number of carbonyl (C=O) groups is 2. The van der Waals surface area contributed by atoms with E-state index in [2.05, 4.69) is 45.0 Å². The first-order chi connectivity index (χ1) is 11.8. The number of amides is 2. The van der Waals surface area contributed by atoms with Crippen molar-refractivity contribution in [1.82, 2.24) is 9.80 Å². The molecule has 1 aromatic rings. The summed E-state index contributed by atoms with van der Waals surface area (Å²) in [7, 11) is 0. The number of hydrogen-bond donors (Lipinski definition) is 0. The van der Waals surface area contributed by atoms with E-state index in [1.165, 1.54) is 11.1 Å². The van der Waals surface area contributed by atoms with E-state index < -0.39 is 0 Å². The normalized spacial score (nSPS) is 15.2. The van der Waals surface area contributed by atoms with E-state index in [0.717, 1.165) is 6.42 Å². The molecule has 0 aliphatic carbocycles. The van der Waals surface area contributed by atoms with Gasteiger partial charge >= 0.3 is 6.09 Å². The summed E-state index contributed by atoms with van der Waals surface area (Å²) in [5, 5.41) is 0. The molecule has 1 aromatic carbocycles. The zero-order valence-electron chi connectivity index (χ0n) is 15.9. The maximum atomic E-state index is 12.4. The van der Waals surface area contributed by atoms with Gasteiger partial charge in [0.15, 0.2) is 0 Å². The lowest BCUT2D eigenvalue weighted by Gasteiger charge is -2.34. The standard InChI is InChI=1S/C20H30N2O3/c1-5-25-19(24)22-14-12-21(13-15-22)18(23)11-8-16-6-9-17(10-7-16)20(2,3)4/h6-7,9-10H,5,8,11-15H2,1-4H3. The molecule has 0 aromatic heterocycles. The first kappa shape index (κ1) is 19.3. The van der Waals surface area contributed by atoms with Crippen LogP contribution in [0.4, 0.5) is 4.79 Å². The summed E-state index contributed by atoms with van der Waals surface area (Å²) < 4.78 is 5.00. The Hall–Kier alpha value is -2.04. The van der Waals surface area contributed by atoms with Gasteiger partial charge in [-0.15, -0.1) is 0 Å². The Labute approximate surface area is 150 Å². The highest BCUT2D eigenvalue weighted by Gasteiger charge is 2.24. The summed E-state index contributed by atoms with van der Waals surface area (Å²) in [4.78, 5) is 27.6. The molecule has 1 aliphatic rings. The molecule has 1 heterocycles. The highest BCUT2D eigenvalue weighted by atomic mass is 16.6. The van der Waals surface area contributed by atoms with Crippen molar-refractivity contribution in [2.24, 2.45) is 0 Å². The summed E-state index contributed by atoms with van der Waals surface area (Å²) in [6, 6.07) is 8.54. The Balaban J connectivity index is 1.78. The van der Waals surface area contributed by atoms with E-state index >= 15 is 0 Å². The molecule has 0 radical (unpaired) electrons. The molecule has 2 rings (SSSR count). The van der Waals surface area contributed by atoms with Crippen molar-refractivity contribution in [3.63, 3.8) is 0 Å². The van der Waals surface area contributed by atoms with Crippen LogP contribution in [0.1, 0.15) is 45.2 Å². The van der Waals surface area contributed by atoms with Crippen molar-refractivity contribution < 1.29 is 14.3 Å². The summed E-state index contributed by atoms with van der Waals surface area (Å²) in [6.07, 6.45) is 0.976. The van der Waals surface area contributed by atoms with E-state index in [1.807, 2.05) is 4.90 Å². The van der Waals surface area contributed by atoms with Gasteiger partial charge in [0.05, 0.1) is 6.61 Å². The Morgan fingerprint density at radius 2 is 1.56 bits per heavy atom. The molecular weight excluding hydrogens is 316 g/mol. The molecule has 5 heteroatoms. The predicted molar refractivity (Wildman–Crippen MR) is 98.6 cm³/mol. The lowest BCUT2D eigenvalue weighted by atomic mass is 9.86. The second-order valence-electron chi connectivity index (χ2n) is 7.51. The van der Waals surface area contributed by atoms with E-state index in [-0.39, 0.29) is 17.4 Å². The van der Waals surface area contributed by atoms with Crippen LogP contribution >= 0.6 is 0 Å². The van der Waals surface area contributed by atoms with Crippen molar-refractivity contribution >= 4 is 12.0 Å². The quantitative estimate of drug-likeness (QED) is 0.841. The minimum Gasteiger partial charge on any atom is -0.450 e. The minimum atomic E-state index is -0.284. The lowest BCUT2D eigenvalue weighted by molar-refractivity contribution is -0.132. The van der Waals surface area contributed by atoms with Gasteiger partial charge in [0, 0.05) is 32.6 Å². The van der Waals surface area contributed by atoms with Gasteiger partial charge in [-0.2, -0.15) is 0 Å². The van der Waals surface area contributed by atoms with Crippen molar-refractivity contribution in [3.8, 4) is 0 Å². The van der Waals surface area contributed by atoms with Crippen LogP contribution in [-0.2, 0) is 21.4 Å². The van der Waals surface area contributed by atoms with Gasteiger partial charge in [-0.1, -0.05) is 45.0 Å². The minimum absolute atomic E-state index is 0.146. The SMILES string of the molecule is CCOC(=O)N1CCN(C(=O)CCc2ccc(C(C)(C)C)cc2)CC1. The Kier molecular flexibility index (Phi) is 6.45. The molecule has 0 bridgehead atoms. The monoisotopic (exact) mass is 346 g/mol. The van der Waals surface area contributed by atoms with Crippen LogP contribution in [0, 0.1) is 0 Å². The fourth-order valence-corrected chi connectivity index (χ4v) is 2.93. The summed E-state index contributed by atoms with van der Waals surface area (Å²) in [5.41, 5.74) is 2.64. The fraction of sp³-hybridized carbons (Fsp3) is 0.600. The number of nitrogens with zero attached hydrogens (tertiary/aromatic N) is 2. The van der Waals surface area contributed by atoms with Crippen molar-refractivity contribution in [3.05, 3.63) is 35.4 Å². The number of ether oxygens (including phenoxy) is 1.